The second-order valence-electron chi connectivity index (χ2n) is 11.1. The molecule has 3 unspecified atom stereocenters. The largest absolute Gasteiger partial charge is 0.305 e. The van der Waals surface area contributed by atoms with Crippen LogP contribution in [0.25, 0.3) is 23.1 Å². The number of aromatic amines is 1. The van der Waals surface area contributed by atoms with Crippen LogP contribution in [-0.2, 0) is 16.8 Å². The summed E-state index contributed by atoms with van der Waals surface area (Å²) < 4.78 is 0. The van der Waals surface area contributed by atoms with Crippen LogP contribution in [0.3, 0.4) is 0 Å². The number of hydrogen-bond donors (Lipinski definition) is 1. The number of Topliss-reactive ketones (excluding diaryl/α,β-unsaturated/α-hetero) is 1. The summed E-state index contributed by atoms with van der Waals surface area (Å²) in [7, 11) is 4.15. The van der Waals surface area contributed by atoms with Gasteiger partial charge in [0.2, 0.25) is 0 Å². The lowest BCUT2D eigenvalue weighted by molar-refractivity contribution is -0.125. The Hall–Kier alpha value is -3.21. The molecule has 0 saturated heterocycles. The summed E-state index contributed by atoms with van der Waals surface area (Å²) in [5, 5.41) is 9.56. The number of ketones is 1. The summed E-state index contributed by atoms with van der Waals surface area (Å²) in [4.78, 5) is 16.0. The van der Waals surface area contributed by atoms with Crippen LogP contribution in [-0.4, -0.2) is 35.0 Å². The Morgan fingerprint density at radius 1 is 1.13 bits per heavy atom. The average Bonchev–Trinajstić information content (AvgIpc) is 3.54. The Labute approximate surface area is 230 Å². The van der Waals surface area contributed by atoms with Crippen molar-refractivity contribution >= 4 is 40.4 Å². The Morgan fingerprint density at radius 2 is 1.89 bits per heavy atom. The molecule has 1 aliphatic carbocycles. The van der Waals surface area contributed by atoms with Crippen LogP contribution in [0.15, 0.2) is 60.7 Å². The van der Waals surface area contributed by atoms with Crippen molar-refractivity contribution in [2.75, 3.05) is 14.1 Å². The molecule has 1 heterocycles. The number of aromatic nitrogens is 2. The third-order valence-corrected chi connectivity index (χ3v) is 8.31. The zero-order chi connectivity index (χ0) is 27.0. The van der Waals surface area contributed by atoms with Crippen molar-refractivity contribution in [3.8, 4) is 0 Å². The monoisotopic (exact) mass is 525 g/mol. The van der Waals surface area contributed by atoms with Gasteiger partial charge < -0.3 is 4.90 Å². The summed E-state index contributed by atoms with van der Waals surface area (Å²) >= 11 is 6.41. The molecular formula is C33H36ClN3O. The maximum absolute atomic E-state index is 13.8. The number of benzene rings is 3. The Kier molecular flexibility index (Phi) is 7.30. The third-order valence-electron chi connectivity index (χ3n) is 8.07. The van der Waals surface area contributed by atoms with Gasteiger partial charge in [-0.1, -0.05) is 74.0 Å². The van der Waals surface area contributed by atoms with Crippen LogP contribution < -0.4 is 0 Å². The van der Waals surface area contributed by atoms with Gasteiger partial charge in [0.25, 0.3) is 0 Å². The Morgan fingerprint density at radius 3 is 2.61 bits per heavy atom. The molecule has 1 fully saturated rings. The summed E-state index contributed by atoms with van der Waals surface area (Å²) in [5.41, 5.74) is 7.19. The van der Waals surface area contributed by atoms with E-state index < -0.39 is 5.41 Å². The van der Waals surface area contributed by atoms with Crippen molar-refractivity contribution in [1.29, 1.82) is 0 Å². The molecule has 196 valence electrons. The number of nitrogens with zero attached hydrogens (tertiary/aromatic N) is 2. The molecule has 0 aliphatic heterocycles. The normalized spacial score (nSPS) is 19.9. The number of rotatable bonds is 9. The minimum atomic E-state index is -0.514. The minimum absolute atomic E-state index is 0.00274. The molecule has 1 saturated carbocycles. The van der Waals surface area contributed by atoms with E-state index in [1.54, 1.807) is 0 Å². The molecule has 0 amide bonds. The minimum Gasteiger partial charge on any atom is -0.305 e. The number of fused-ring (bicyclic) bond motifs is 1. The van der Waals surface area contributed by atoms with Crippen LogP contribution >= 0.6 is 11.6 Å². The average molecular weight is 526 g/mol. The summed E-state index contributed by atoms with van der Waals surface area (Å²) in [6.07, 6.45) is 5.80. The molecule has 3 atom stereocenters. The molecule has 0 radical (unpaired) electrons. The van der Waals surface area contributed by atoms with E-state index in [4.69, 9.17) is 11.6 Å². The predicted octanol–water partition coefficient (Wildman–Crippen LogP) is 7.80. The van der Waals surface area contributed by atoms with Crippen molar-refractivity contribution in [3.05, 3.63) is 99.2 Å². The Balaban J connectivity index is 1.43. The molecule has 5 heteroatoms. The molecule has 3 aromatic carbocycles. The first kappa shape index (κ1) is 26.4. The highest BCUT2D eigenvalue weighted by molar-refractivity contribution is 6.30. The molecule has 1 aliphatic rings. The molecule has 1 aromatic heterocycles. The zero-order valence-electron chi connectivity index (χ0n) is 22.9. The second-order valence-corrected chi connectivity index (χ2v) is 11.5. The van der Waals surface area contributed by atoms with Gasteiger partial charge in [-0.25, -0.2) is 0 Å². The standard InChI is InChI=1S/C33H36ClN3O/c1-6-21(2)32(38)33(28-18-26(34)14-7-22(28)3)19-29(33)25-13-15-27-30(35-36-31(27)17-25)16-12-23-8-10-24(11-9-23)20-37(4)5/h7-18,21,29H,6,19-20H2,1-5H3,(H,35,36)/b16-12+. The first-order valence-electron chi connectivity index (χ1n) is 13.4. The van der Waals surface area contributed by atoms with Crippen molar-refractivity contribution in [1.82, 2.24) is 15.1 Å². The fourth-order valence-corrected chi connectivity index (χ4v) is 5.92. The van der Waals surface area contributed by atoms with Gasteiger partial charge in [0.1, 0.15) is 5.78 Å². The van der Waals surface area contributed by atoms with Gasteiger partial charge in [-0.3, -0.25) is 9.89 Å². The van der Waals surface area contributed by atoms with Crippen LogP contribution in [0.5, 0.6) is 0 Å². The van der Waals surface area contributed by atoms with E-state index in [9.17, 15) is 4.79 Å². The van der Waals surface area contributed by atoms with E-state index >= 15 is 0 Å². The predicted molar refractivity (Wildman–Crippen MR) is 159 cm³/mol. The molecule has 1 N–H and O–H groups in total. The fraction of sp³-hybridized carbons (Fsp3) is 0.333. The lowest BCUT2D eigenvalue weighted by atomic mass is 9.79. The first-order valence-corrected chi connectivity index (χ1v) is 13.8. The fourth-order valence-electron chi connectivity index (χ4n) is 5.74. The second kappa shape index (κ2) is 10.5. The number of H-pyrrole nitrogens is 1. The van der Waals surface area contributed by atoms with Gasteiger partial charge in [0, 0.05) is 28.8 Å². The lowest BCUT2D eigenvalue weighted by Gasteiger charge is -2.23. The quantitative estimate of drug-likeness (QED) is 0.242. The van der Waals surface area contributed by atoms with Crippen molar-refractivity contribution in [3.63, 3.8) is 0 Å². The van der Waals surface area contributed by atoms with Crippen LogP contribution in [0, 0.1) is 12.8 Å². The van der Waals surface area contributed by atoms with E-state index in [1.165, 1.54) is 11.1 Å². The van der Waals surface area contributed by atoms with E-state index in [0.717, 1.165) is 52.7 Å². The number of halogens is 1. The van der Waals surface area contributed by atoms with Gasteiger partial charge in [-0.15, -0.1) is 0 Å². The maximum atomic E-state index is 13.8. The van der Waals surface area contributed by atoms with Crippen molar-refractivity contribution in [2.45, 2.75) is 51.5 Å². The van der Waals surface area contributed by atoms with Gasteiger partial charge in [0.15, 0.2) is 0 Å². The van der Waals surface area contributed by atoms with Crippen molar-refractivity contribution in [2.24, 2.45) is 5.92 Å². The highest BCUT2D eigenvalue weighted by Crippen LogP contribution is 2.63. The van der Waals surface area contributed by atoms with Gasteiger partial charge in [-0.05, 0) is 86.0 Å². The molecule has 4 aromatic rings. The third kappa shape index (κ3) is 4.95. The summed E-state index contributed by atoms with van der Waals surface area (Å²) in [5.74, 6) is 0.455. The number of nitrogens with one attached hydrogen (secondary N) is 1. The smallest absolute Gasteiger partial charge is 0.146 e. The maximum Gasteiger partial charge on any atom is 0.146 e. The van der Waals surface area contributed by atoms with Gasteiger partial charge in [-0.2, -0.15) is 5.10 Å². The molecular weight excluding hydrogens is 490 g/mol. The van der Waals surface area contributed by atoms with Crippen LogP contribution in [0.2, 0.25) is 5.02 Å². The van der Waals surface area contributed by atoms with E-state index in [0.29, 0.717) is 10.8 Å². The summed E-state index contributed by atoms with van der Waals surface area (Å²) in [6, 6.07) is 21.0. The number of aryl methyl sites for hydroxylation is 1. The topological polar surface area (TPSA) is 49.0 Å². The van der Waals surface area contributed by atoms with Crippen molar-refractivity contribution < 1.29 is 4.79 Å². The van der Waals surface area contributed by atoms with Gasteiger partial charge >= 0.3 is 0 Å². The van der Waals surface area contributed by atoms with Crippen LogP contribution in [0.1, 0.15) is 66.1 Å². The van der Waals surface area contributed by atoms with E-state index in [1.807, 2.05) is 25.1 Å². The Bertz CT molecular complexity index is 1500. The van der Waals surface area contributed by atoms with Gasteiger partial charge in [0.05, 0.1) is 16.6 Å². The summed E-state index contributed by atoms with van der Waals surface area (Å²) in [6.45, 7) is 7.14. The highest BCUT2D eigenvalue weighted by Gasteiger charge is 2.62. The van der Waals surface area contributed by atoms with E-state index in [2.05, 4.69) is 97.7 Å². The molecule has 38 heavy (non-hydrogen) atoms. The molecule has 4 nitrogen and oxygen atoms in total. The highest BCUT2D eigenvalue weighted by atomic mass is 35.5. The number of carbonyl (C=O) groups excluding carboxylic acids is 1. The zero-order valence-corrected chi connectivity index (χ0v) is 23.6. The SMILES string of the molecule is CCC(C)C(=O)C1(c2cc(Cl)ccc2C)CC1c1ccc2c(/C=C/c3ccc(CN(C)C)cc3)n[nH]c2c1. The molecule has 0 spiro atoms. The first-order chi connectivity index (χ1) is 18.2. The molecule has 0 bridgehead atoms. The van der Waals surface area contributed by atoms with E-state index in [-0.39, 0.29) is 11.8 Å². The molecule has 5 rings (SSSR count). The number of hydrogen-bond acceptors (Lipinski definition) is 3. The lowest BCUT2D eigenvalue weighted by Crippen LogP contribution is -2.29. The number of carbonyl (C=O) groups is 1. The van der Waals surface area contributed by atoms with Crippen LogP contribution in [0.4, 0.5) is 0 Å².